The molecule has 0 aliphatic rings. The van der Waals surface area contributed by atoms with Crippen LogP contribution in [0.3, 0.4) is 0 Å². The summed E-state index contributed by atoms with van der Waals surface area (Å²) in [5, 5.41) is 0. The summed E-state index contributed by atoms with van der Waals surface area (Å²) in [6.07, 6.45) is 5.43. The lowest BCUT2D eigenvalue weighted by atomic mass is 9.97. The van der Waals surface area contributed by atoms with Crippen molar-refractivity contribution in [3.05, 3.63) is 34.9 Å². The van der Waals surface area contributed by atoms with Crippen molar-refractivity contribution in [2.45, 2.75) is 39.5 Å². The molecule has 0 spiro atoms. The molecule has 0 radical (unpaired) electrons. The fourth-order valence-corrected chi connectivity index (χ4v) is 1.73. The van der Waals surface area contributed by atoms with E-state index in [0.717, 1.165) is 37.5 Å². The summed E-state index contributed by atoms with van der Waals surface area (Å²) in [6, 6.07) is 6.04. The van der Waals surface area contributed by atoms with Gasteiger partial charge >= 0.3 is 0 Å². The molecule has 76 valence electrons. The van der Waals surface area contributed by atoms with Crippen molar-refractivity contribution >= 4 is 6.29 Å². The quantitative estimate of drug-likeness (QED) is 0.650. The van der Waals surface area contributed by atoms with Gasteiger partial charge in [0.25, 0.3) is 0 Å². The Kier molecular flexibility index (Phi) is 4.37. The van der Waals surface area contributed by atoms with Crippen molar-refractivity contribution in [2.24, 2.45) is 0 Å². The van der Waals surface area contributed by atoms with Crippen molar-refractivity contribution in [1.82, 2.24) is 0 Å². The van der Waals surface area contributed by atoms with Crippen LogP contribution in [0.15, 0.2) is 18.2 Å². The average Bonchev–Trinajstić information content (AvgIpc) is 2.21. The van der Waals surface area contributed by atoms with Gasteiger partial charge in [-0.15, -0.1) is 0 Å². The molecule has 0 atom stereocenters. The highest BCUT2D eigenvalue weighted by atomic mass is 16.1. The molecule has 0 aliphatic carbocycles. The lowest BCUT2D eigenvalue weighted by Crippen LogP contribution is -1.95. The molecule has 0 bridgehead atoms. The van der Waals surface area contributed by atoms with Crippen LogP contribution in [-0.4, -0.2) is 6.29 Å². The molecule has 14 heavy (non-hydrogen) atoms. The molecule has 0 saturated heterocycles. The molecule has 0 saturated carbocycles. The summed E-state index contributed by atoms with van der Waals surface area (Å²) >= 11 is 0. The zero-order valence-electron chi connectivity index (χ0n) is 9.05. The maximum Gasteiger partial charge on any atom is 0.150 e. The second-order valence-electron chi connectivity index (χ2n) is 3.65. The molecule has 0 unspecified atom stereocenters. The third-order valence-electron chi connectivity index (χ3n) is 2.41. The molecule has 0 aliphatic heterocycles. The van der Waals surface area contributed by atoms with Crippen LogP contribution < -0.4 is 0 Å². The van der Waals surface area contributed by atoms with Crippen LogP contribution in [-0.2, 0) is 12.8 Å². The number of carbonyl (C=O) groups is 1. The molecule has 0 aromatic heterocycles. The predicted octanol–water partition coefficient (Wildman–Crippen LogP) is 3.40. The van der Waals surface area contributed by atoms with Gasteiger partial charge in [0.1, 0.15) is 6.29 Å². The summed E-state index contributed by atoms with van der Waals surface area (Å²) < 4.78 is 0. The molecule has 1 aromatic carbocycles. The Morgan fingerprint density at radius 3 is 2.29 bits per heavy atom. The molecule has 1 nitrogen and oxygen atoms in total. The topological polar surface area (TPSA) is 17.1 Å². The maximum atomic E-state index is 10.6. The van der Waals surface area contributed by atoms with E-state index < -0.39 is 0 Å². The average molecular weight is 190 g/mol. The summed E-state index contributed by atoms with van der Waals surface area (Å²) in [4.78, 5) is 10.6. The van der Waals surface area contributed by atoms with E-state index in [2.05, 4.69) is 19.9 Å². The summed E-state index contributed by atoms with van der Waals surface area (Å²) in [7, 11) is 0. The van der Waals surface area contributed by atoms with E-state index >= 15 is 0 Å². The van der Waals surface area contributed by atoms with Crippen LogP contribution in [0.5, 0.6) is 0 Å². The first-order valence-corrected chi connectivity index (χ1v) is 5.38. The van der Waals surface area contributed by atoms with Gasteiger partial charge in [-0.3, -0.25) is 4.79 Å². The van der Waals surface area contributed by atoms with E-state index in [1.165, 1.54) is 11.1 Å². The molecular formula is C13H18O. The van der Waals surface area contributed by atoms with Gasteiger partial charge in [-0.25, -0.2) is 0 Å². The van der Waals surface area contributed by atoms with Gasteiger partial charge in [-0.1, -0.05) is 38.8 Å². The predicted molar refractivity (Wildman–Crippen MR) is 59.8 cm³/mol. The highest BCUT2D eigenvalue weighted by Gasteiger charge is 2.02. The van der Waals surface area contributed by atoms with Gasteiger partial charge in [0, 0.05) is 5.56 Å². The maximum absolute atomic E-state index is 10.6. The molecule has 0 fully saturated rings. The van der Waals surface area contributed by atoms with E-state index in [0.29, 0.717) is 0 Å². The van der Waals surface area contributed by atoms with Crippen LogP contribution in [0.1, 0.15) is 48.2 Å². The van der Waals surface area contributed by atoms with E-state index in [4.69, 9.17) is 0 Å². The minimum Gasteiger partial charge on any atom is -0.298 e. The van der Waals surface area contributed by atoms with Crippen LogP contribution in [0, 0.1) is 0 Å². The molecule has 1 heteroatoms. The first kappa shape index (κ1) is 11.0. The smallest absolute Gasteiger partial charge is 0.150 e. The van der Waals surface area contributed by atoms with Crippen LogP contribution in [0.2, 0.25) is 0 Å². The monoisotopic (exact) mass is 190 g/mol. The van der Waals surface area contributed by atoms with Gasteiger partial charge in [0.05, 0.1) is 0 Å². The van der Waals surface area contributed by atoms with Crippen LogP contribution >= 0.6 is 0 Å². The van der Waals surface area contributed by atoms with Crippen molar-refractivity contribution < 1.29 is 4.79 Å². The normalized spacial score (nSPS) is 10.1. The minimum atomic E-state index is 0.799. The fourth-order valence-electron chi connectivity index (χ4n) is 1.73. The molecule has 0 amide bonds. The fraction of sp³-hybridized carbons (Fsp3) is 0.462. The lowest BCUT2D eigenvalue weighted by Gasteiger charge is -2.08. The Bertz CT molecular complexity index is 302. The molecule has 0 heterocycles. The molecule has 1 aromatic rings. The molecule has 1 rings (SSSR count). The SMILES string of the molecule is CCCc1ccc(C=O)cc1CCC. The third kappa shape index (κ3) is 2.69. The van der Waals surface area contributed by atoms with Crippen molar-refractivity contribution in [3.63, 3.8) is 0 Å². The zero-order chi connectivity index (χ0) is 10.4. The number of aldehydes is 1. The number of carbonyl (C=O) groups excluding carboxylic acids is 1. The minimum absolute atomic E-state index is 0.799. The Balaban J connectivity index is 2.96. The first-order valence-electron chi connectivity index (χ1n) is 5.38. The van der Waals surface area contributed by atoms with E-state index in [-0.39, 0.29) is 0 Å². The van der Waals surface area contributed by atoms with Crippen LogP contribution in [0.4, 0.5) is 0 Å². The van der Waals surface area contributed by atoms with E-state index in [9.17, 15) is 4.79 Å². The van der Waals surface area contributed by atoms with Crippen molar-refractivity contribution in [2.75, 3.05) is 0 Å². The third-order valence-corrected chi connectivity index (χ3v) is 2.41. The second kappa shape index (κ2) is 5.58. The Morgan fingerprint density at radius 2 is 1.71 bits per heavy atom. The second-order valence-corrected chi connectivity index (χ2v) is 3.65. The van der Waals surface area contributed by atoms with E-state index in [1.54, 1.807) is 0 Å². The van der Waals surface area contributed by atoms with E-state index in [1.807, 2.05) is 12.1 Å². The Hall–Kier alpha value is -1.11. The number of aryl methyl sites for hydroxylation is 2. The Morgan fingerprint density at radius 1 is 1.07 bits per heavy atom. The van der Waals surface area contributed by atoms with Crippen LogP contribution in [0.25, 0.3) is 0 Å². The number of benzene rings is 1. The lowest BCUT2D eigenvalue weighted by molar-refractivity contribution is 0.112. The highest BCUT2D eigenvalue weighted by Crippen LogP contribution is 2.15. The van der Waals surface area contributed by atoms with Gasteiger partial charge in [0.15, 0.2) is 0 Å². The summed E-state index contributed by atoms with van der Waals surface area (Å²) in [6.45, 7) is 4.35. The Labute approximate surface area is 86.1 Å². The van der Waals surface area contributed by atoms with Gasteiger partial charge in [-0.05, 0) is 30.0 Å². The number of hydrogen-bond acceptors (Lipinski definition) is 1. The van der Waals surface area contributed by atoms with Gasteiger partial charge in [-0.2, -0.15) is 0 Å². The molecular weight excluding hydrogens is 172 g/mol. The van der Waals surface area contributed by atoms with Gasteiger partial charge in [0.2, 0.25) is 0 Å². The number of rotatable bonds is 5. The largest absolute Gasteiger partial charge is 0.298 e. The van der Waals surface area contributed by atoms with Gasteiger partial charge < -0.3 is 0 Å². The first-order chi connectivity index (χ1) is 6.81. The summed E-state index contributed by atoms with van der Waals surface area (Å²) in [5.41, 5.74) is 3.55. The van der Waals surface area contributed by atoms with Crippen molar-refractivity contribution in [1.29, 1.82) is 0 Å². The number of hydrogen-bond donors (Lipinski definition) is 0. The zero-order valence-corrected chi connectivity index (χ0v) is 9.05. The molecule has 0 N–H and O–H groups in total. The summed E-state index contributed by atoms with van der Waals surface area (Å²) in [5.74, 6) is 0. The van der Waals surface area contributed by atoms with Crippen molar-refractivity contribution in [3.8, 4) is 0 Å². The standard InChI is InChI=1S/C13H18O/c1-3-5-12-8-7-11(10-14)9-13(12)6-4-2/h7-10H,3-6H2,1-2H3. The highest BCUT2D eigenvalue weighted by molar-refractivity contribution is 5.75.